The smallest absolute Gasteiger partial charge is 0.336 e. The maximum absolute atomic E-state index is 11.7. The van der Waals surface area contributed by atoms with Gasteiger partial charge in [0, 0.05) is 30.1 Å². The fraction of sp³-hybridized carbons (Fsp3) is 0.375. The number of nitrogens with one attached hydrogen (secondary N) is 2. The van der Waals surface area contributed by atoms with Gasteiger partial charge in [0.05, 0.1) is 0 Å². The van der Waals surface area contributed by atoms with Gasteiger partial charge in [-0.15, -0.1) is 12.4 Å². The second-order valence-corrected chi connectivity index (χ2v) is 5.01. The number of ether oxygens (including phenoxy) is 1. The van der Waals surface area contributed by atoms with E-state index < -0.39 is 5.63 Å². The van der Waals surface area contributed by atoms with Crippen LogP contribution in [0.4, 0.5) is 0 Å². The summed E-state index contributed by atoms with van der Waals surface area (Å²) in [5, 5.41) is 6.79. The molecule has 0 saturated heterocycles. The van der Waals surface area contributed by atoms with Gasteiger partial charge in [0.15, 0.2) is 6.61 Å². The van der Waals surface area contributed by atoms with Crippen molar-refractivity contribution in [1.82, 2.24) is 10.6 Å². The molecule has 2 rings (SSSR count). The molecule has 0 unspecified atom stereocenters. The van der Waals surface area contributed by atoms with E-state index in [2.05, 4.69) is 10.6 Å². The van der Waals surface area contributed by atoms with Crippen LogP contribution in [-0.2, 0) is 4.79 Å². The van der Waals surface area contributed by atoms with Crippen LogP contribution in [0.15, 0.2) is 39.5 Å². The Morgan fingerprint density at radius 3 is 2.78 bits per heavy atom. The van der Waals surface area contributed by atoms with Crippen LogP contribution in [0.2, 0.25) is 0 Å². The van der Waals surface area contributed by atoms with E-state index in [1.807, 2.05) is 13.8 Å². The van der Waals surface area contributed by atoms with Crippen molar-refractivity contribution in [3.8, 4) is 5.75 Å². The number of hydrogen-bond acceptors (Lipinski definition) is 5. The van der Waals surface area contributed by atoms with Gasteiger partial charge in [-0.25, -0.2) is 4.79 Å². The third-order valence-electron chi connectivity index (χ3n) is 3.12. The number of halogens is 1. The molecule has 7 heteroatoms. The van der Waals surface area contributed by atoms with Gasteiger partial charge in [-0.2, -0.15) is 0 Å². The highest BCUT2D eigenvalue weighted by Crippen LogP contribution is 2.19. The van der Waals surface area contributed by atoms with E-state index in [0.29, 0.717) is 17.9 Å². The third kappa shape index (κ3) is 5.92. The first-order valence-electron chi connectivity index (χ1n) is 7.25. The number of likely N-dealkylation sites (N-methyl/N-ethyl adjacent to an activating group) is 1. The van der Waals surface area contributed by atoms with Gasteiger partial charge in [-0.05, 0) is 31.7 Å². The number of amides is 1. The second-order valence-electron chi connectivity index (χ2n) is 5.01. The molecule has 0 aliphatic carbocycles. The SMILES string of the molecule is CCN[C@H](C)CNC(=O)COc1ccc2ccc(=O)oc2c1.Cl. The van der Waals surface area contributed by atoms with Crippen LogP contribution >= 0.6 is 12.4 Å². The Morgan fingerprint density at radius 1 is 1.30 bits per heavy atom. The molecule has 0 aliphatic heterocycles. The van der Waals surface area contributed by atoms with Crippen molar-refractivity contribution in [3.63, 3.8) is 0 Å². The third-order valence-corrected chi connectivity index (χ3v) is 3.12. The van der Waals surface area contributed by atoms with E-state index in [1.54, 1.807) is 24.3 Å². The van der Waals surface area contributed by atoms with E-state index in [0.717, 1.165) is 11.9 Å². The van der Waals surface area contributed by atoms with Gasteiger partial charge in [0.2, 0.25) is 0 Å². The summed E-state index contributed by atoms with van der Waals surface area (Å²) in [7, 11) is 0. The molecule has 1 atom stereocenters. The molecule has 2 aromatic rings. The van der Waals surface area contributed by atoms with Gasteiger partial charge in [-0.3, -0.25) is 4.79 Å². The molecule has 2 N–H and O–H groups in total. The average molecular weight is 341 g/mol. The molecule has 0 spiro atoms. The topological polar surface area (TPSA) is 80.6 Å². The van der Waals surface area contributed by atoms with Crippen LogP contribution < -0.4 is 21.0 Å². The van der Waals surface area contributed by atoms with Gasteiger partial charge in [-0.1, -0.05) is 6.92 Å². The van der Waals surface area contributed by atoms with E-state index in [4.69, 9.17) is 9.15 Å². The van der Waals surface area contributed by atoms with Crippen LogP contribution in [0.5, 0.6) is 5.75 Å². The van der Waals surface area contributed by atoms with E-state index >= 15 is 0 Å². The molecule has 1 aromatic carbocycles. The van der Waals surface area contributed by atoms with Gasteiger partial charge < -0.3 is 19.8 Å². The zero-order valence-electron chi connectivity index (χ0n) is 13.1. The van der Waals surface area contributed by atoms with Crippen LogP contribution in [-0.4, -0.2) is 31.6 Å². The second kappa shape index (κ2) is 9.17. The lowest BCUT2D eigenvalue weighted by atomic mass is 10.2. The Labute approximate surface area is 140 Å². The molecule has 6 nitrogen and oxygen atoms in total. The molecule has 1 amide bonds. The number of carbonyl (C=O) groups is 1. The Hall–Kier alpha value is -2.05. The van der Waals surface area contributed by atoms with Crippen molar-refractivity contribution in [2.75, 3.05) is 19.7 Å². The normalized spacial score (nSPS) is 11.6. The summed E-state index contributed by atoms with van der Waals surface area (Å²) in [5.41, 5.74) is 0.0194. The minimum absolute atomic E-state index is 0. The van der Waals surface area contributed by atoms with Crippen LogP contribution in [0.1, 0.15) is 13.8 Å². The van der Waals surface area contributed by atoms with Crippen molar-refractivity contribution in [3.05, 3.63) is 40.8 Å². The first kappa shape index (κ1) is 19.0. The molecule has 23 heavy (non-hydrogen) atoms. The maximum Gasteiger partial charge on any atom is 0.336 e. The molecule has 126 valence electrons. The largest absolute Gasteiger partial charge is 0.484 e. The van der Waals surface area contributed by atoms with Gasteiger partial charge in [0.25, 0.3) is 5.91 Å². The Balaban J connectivity index is 0.00000264. The zero-order chi connectivity index (χ0) is 15.9. The summed E-state index contributed by atoms with van der Waals surface area (Å²) in [5.74, 6) is 0.288. The summed E-state index contributed by atoms with van der Waals surface area (Å²) >= 11 is 0. The summed E-state index contributed by atoms with van der Waals surface area (Å²) in [6, 6.07) is 8.37. The van der Waals surface area contributed by atoms with Gasteiger partial charge >= 0.3 is 5.63 Å². The standard InChI is InChI=1S/C16H20N2O4.ClH/c1-3-17-11(2)9-18-15(19)10-21-13-6-4-12-5-7-16(20)22-14(12)8-13;/h4-8,11,17H,3,9-10H2,1-2H3,(H,18,19);1H/t11-;/m1./s1. The highest BCUT2D eigenvalue weighted by Gasteiger charge is 2.06. The number of hydrogen-bond donors (Lipinski definition) is 2. The summed E-state index contributed by atoms with van der Waals surface area (Å²) in [6.45, 7) is 5.33. The molecular formula is C16H21ClN2O4. The predicted molar refractivity (Wildman–Crippen MR) is 91.4 cm³/mol. The van der Waals surface area contributed by atoms with Crippen molar-refractivity contribution >= 4 is 29.3 Å². The van der Waals surface area contributed by atoms with E-state index in [-0.39, 0.29) is 31.0 Å². The van der Waals surface area contributed by atoms with E-state index in [9.17, 15) is 9.59 Å². The number of fused-ring (bicyclic) bond motifs is 1. The summed E-state index contributed by atoms with van der Waals surface area (Å²) in [4.78, 5) is 22.9. The van der Waals surface area contributed by atoms with Crippen LogP contribution in [0.3, 0.4) is 0 Å². The summed E-state index contributed by atoms with van der Waals surface area (Å²) < 4.78 is 10.5. The predicted octanol–water partition coefficient (Wildman–Crippen LogP) is 1.71. The fourth-order valence-electron chi connectivity index (χ4n) is 2.02. The van der Waals surface area contributed by atoms with E-state index in [1.165, 1.54) is 6.07 Å². The molecule has 0 fully saturated rings. The van der Waals surface area contributed by atoms with Crippen LogP contribution in [0.25, 0.3) is 11.0 Å². The highest BCUT2D eigenvalue weighted by atomic mass is 35.5. The Bertz CT molecular complexity index is 702. The monoisotopic (exact) mass is 340 g/mol. The minimum Gasteiger partial charge on any atom is -0.484 e. The molecule has 1 aromatic heterocycles. The molecule has 0 bridgehead atoms. The lowest BCUT2D eigenvalue weighted by Gasteiger charge is -2.13. The summed E-state index contributed by atoms with van der Waals surface area (Å²) in [6.07, 6.45) is 0. The fourth-order valence-corrected chi connectivity index (χ4v) is 2.02. The van der Waals surface area contributed by atoms with Crippen molar-refractivity contribution in [2.24, 2.45) is 0 Å². The van der Waals surface area contributed by atoms with Gasteiger partial charge in [0.1, 0.15) is 11.3 Å². The lowest BCUT2D eigenvalue weighted by Crippen LogP contribution is -2.40. The molecule has 0 aliphatic rings. The minimum atomic E-state index is -0.417. The van der Waals surface area contributed by atoms with Crippen molar-refractivity contribution < 1.29 is 13.9 Å². The molecule has 0 saturated carbocycles. The molecular weight excluding hydrogens is 320 g/mol. The Morgan fingerprint density at radius 2 is 2.04 bits per heavy atom. The molecule has 1 heterocycles. The van der Waals surface area contributed by atoms with Crippen molar-refractivity contribution in [1.29, 1.82) is 0 Å². The van der Waals surface area contributed by atoms with Crippen molar-refractivity contribution in [2.45, 2.75) is 19.9 Å². The number of carbonyl (C=O) groups excluding carboxylic acids is 1. The first-order valence-corrected chi connectivity index (χ1v) is 7.25. The lowest BCUT2D eigenvalue weighted by molar-refractivity contribution is -0.123. The quantitative estimate of drug-likeness (QED) is 0.750. The Kier molecular flexibility index (Phi) is 7.57. The zero-order valence-corrected chi connectivity index (χ0v) is 13.9. The highest BCUT2D eigenvalue weighted by molar-refractivity contribution is 5.85. The average Bonchev–Trinajstić information content (AvgIpc) is 2.50. The maximum atomic E-state index is 11.7. The first-order chi connectivity index (χ1) is 10.6. The molecule has 0 radical (unpaired) electrons. The number of rotatable bonds is 7. The number of benzene rings is 1. The van der Waals surface area contributed by atoms with Crippen LogP contribution in [0, 0.1) is 0 Å².